The summed E-state index contributed by atoms with van der Waals surface area (Å²) in [7, 11) is 3.62. The highest BCUT2D eigenvalue weighted by molar-refractivity contribution is 5.54. The number of hydrogen-bond donors (Lipinski definition) is 3. The predicted molar refractivity (Wildman–Crippen MR) is 139 cm³/mol. The van der Waals surface area contributed by atoms with Crippen molar-refractivity contribution in [1.29, 1.82) is 0 Å². The van der Waals surface area contributed by atoms with Crippen LogP contribution >= 0.6 is 0 Å². The molecule has 1 heterocycles. The molecule has 1 atom stereocenters. The highest BCUT2D eigenvalue weighted by Crippen LogP contribution is 2.30. The van der Waals surface area contributed by atoms with Crippen LogP contribution in [0, 0.1) is 6.92 Å². The second kappa shape index (κ2) is 15.3. The van der Waals surface area contributed by atoms with E-state index in [1.54, 1.807) is 7.11 Å². The first kappa shape index (κ1) is 27.7. The lowest BCUT2D eigenvalue weighted by Gasteiger charge is -2.22. The van der Waals surface area contributed by atoms with Crippen LogP contribution < -0.4 is 25.8 Å². The van der Waals surface area contributed by atoms with Crippen molar-refractivity contribution in [2.45, 2.75) is 65.3 Å². The summed E-state index contributed by atoms with van der Waals surface area (Å²) in [5, 5.41) is 6.71. The standard InChI is InChI=1S/C26H43N5O3/c1-6-8-14-33-18-21(10-7-2)30-25-23(19(3)29-26(27)31-25)16-20-11-12-22(17-24(20)32-5)34-15-9-13-28-4/h11-12,17,21,28H,6-10,13-16,18H2,1-5H3,(H3,27,29,30,31)/t21-/m0/s1. The van der Waals surface area contributed by atoms with Crippen LogP contribution in [-0.4, -0.2) is 56.5 Å². The summed E-state index contributed by atoms with van der Waals surface area (Å²) in [6.45, 7) is 9.30. The fourth-order valence-electron chi connectivity index (χ4n) is 3.75. The van der Waals surface area contributed by atoms with E-state index >= 15 is 0 Å². The lowest BCUT2D eigenvalue weighted by molar-refractivity contribution is 0.120. The Morgan fingerprint density at radius 2 is 1.91 bits per heavy atom. The number of methoxy groups -OCH3 is 1. The number of hydrogen-bond acceptors (Lipinski definition) is 8. The van der Waals surface area contributed by atoms with E-state index in [1.807, 2.05) is 32.2 Å². The minimum absolute atomic E-state index is 0.157. The van der Waals surface area contributed by atoms with Gasteiger partial charge in [-0.25, -0.2) is 4.98 Å². The summed E-state index contributed by atoms with van der Waals surface area (Å²) in [5.41, 5.74) is 8.91. The van der Waals surface area contributed by atoms with E-state index < -0.39 is 0 Å². The van der Waals surface area contributed by atoms with Crippen molar-refractivity contribution >= 4 is 11.8 Å². The number of benzene rings is 1. The lowest BCUT2D eigenvalue weighted by Crippen LogP contribution is -2.27. The van der Waals surface area contributed by atoms with Gasteiger partial charge in [0.2, 0.25) is 5.95 Å². The molecule has 0 radical (unpaired) electrons. The molecule has 0 aliphatic rings. The normalized spacial score (nSPS) is 11.9. The van der Waals surface area contributed by atoms with Crippen molar-refractivity contribution in [3.8, 4) is 11.5 Å². The Labute approximate surface area is 205 Å². The molecule has 0 unspecified atom stereocenters. The number of nitrogen functional groups attached to an aromatic ring is 1. The van der Waals surface area contributed by atoms with Crippen molar-refractivity contribution in [2.24, 2.45) is 0 Å². The summed E-state index contributed by atoms with van der Waals surface area (Å²) in [5.74, 6) is 2.61. The molecular weight excluding hydrogens is 430 g/mol. The Balaban J connectivity index is 2.21. The van der Waals surface area contributed by atoms with Gasteiger partial charge in [-0.15, -0.1) is 0 Å². The zero-order valence-corrected chi connectivity index (χ0v) is 21.6. The topological polar surface area (TPSA) is 104 Å². The maximum atomic E-state index is 6.02. The van der Waals surface area contributed by atoms with Gasteiger partial charge in [-0.3, -0.25) is 0 Å². The minimum Gasteiger partial charge on any atom is -0.496 e. The molecule has 0 bridgehead atoms. The monoisotopic (exact) mass is 473 g/mol. The molecule has 8 heteroatoms. The maximum Gasteiger partial charge on any atom is 0.222 e. The quantitative estimate of drug-likeness (QED) is 0.291. The maximum absolute atomic E-state index is 6.02. The van der Waals surface area contributed by atoms with E-state index in [1.165, 1.54) is 0 Å². The lowest BCUT2D eigenvalue weighted by atomic mass is 10.0. The number of nitrogens with zero attached hydrogens (tertiary/aromatic N) is 2. The van der Waals surface area contributed by atoms with Crippen LogP contribution in [0.3, 0.4) is 0 Å². The molecule has 0 spiro atoms. The number of ether oxygens (including phenoxy) is 3. The van der Waals surface area contributed by atoms with Crippen molar-refractivity contribution in [2.75, 3.05) is 51.6 Å². The van der Waals surface area contributed by atoms with Gasteiger partial charge >= 0.3 is 0 Å². The van der Waals surface area contributed by atoms with Gasteiger partial charge in [-0.05, 0) is 51.4 Å². The molecule has 8 nitrogen and oxygen atoms in total. The zero-order valence-electron chi connectivity index (χ0n) is 21.6. The Hall–Kier alpha value is -2.58. The molecule has 0 aliphatic carbocycles. The molecule has 190 valence electrons. The van der Waals surface area contributed by atoms with Gasteiger partial charge in [0.1, 0.15) is 17.3 Å². The average Bonchev–Trinajstić information content (AvgIpc) is 2.82. The van der Waals surface area contributed by atoms with Gasteiger partial charge in [-0.1, -0.05) is 32.8 Å². The SMILES string of the molecule is CCCCOC[C@H](CCC)Nc1nc(N)nc(C)c1Cc1ccc(OCCCNC)cc1OC. The Bertz CT molecular complexity index is 863. The summed E-state index contributed by atoms with van der Waals surface area (Å²) < 4.78 is 17.5. The molecule has 0 saturated heterocycles. The number of nitrogens with one attached hydrogen (secondary N) is 2. The number of nitrogens with two attached hydrogens (primary N) is 1. The van der Waals surface area contributed by atoms with Crippen molar-refractivity contribution in [1.82, 2.24) is 15.3 Å². The van der Waals surface area contributed by atoms with Crippen LogP contribution in [0.5, 0.6) is 11.5 Å². The van der Waals surface area contributed by atoms with Gasteiger partial charge in [0.05, 0.1) is 26.4 Å². The van der Waals surface area contributed by atoms with E-state index in [9.17, 15) is 0 Å². The molecule has 0 fully saturated rings. The molecule has 0 amide bonds. The van der Waals surface area contributed by atoms with Crippen LogP contribution in [0.1, 0.15) is 62.8 Å². The molecule has 1 aromatic heterocycles. The number of unbranched alkanes of at least 4 members (excludes halogenated alkanes) is 1. The first-order chi connectivity index (χ1) is 16.5. The molecular formula is C26H43N5O3. The van der Waals surface area contributed by atoms with E-state index in [-0.39, 0.29) is 12.0 Å². The van der Waals surface area contributed by atoms with Crippen LogP contribution in [0.25, 0.3) is 0 Å². The summed E-state index contributed by atoms with van der Waals surface area (Å²) in [4.78, 5) is 8.98. The van der Waals surface area contributed by atoms with E-state index in [2.05, 4.69) is 34.4 Å². The fraction of sp³-hybridized carbons (Fsp3) is 0.615. The third-order valence-electron chi connectivity index (χ3n) is 5.64. The fourth-order valence-corrected chi connectivity index (χ4v) is 3.75. The Morgan fingerprint density at radius 1 is 1.09 bits per heavy atom. The highest BCUT2D eigenvalue weighted by atomic mass is 16.5. The largest absolute Gasteiger partial charge is 0.496 e. The molecule has 2 rings (SSSR count). The number of aryl methyl sites for hydroxylation is 1. The van der Waals surface area contributed by atoms with Gasteiger partial charge in [0.25, 0.3) is 0 Å². The third-order valence-corrected chi connectivity index (χ3v) is 5.64. The molecule has 34 heavy (non-hydrogen) atoms. The van der Waals surface area contributed by atoms with Crippen molar-refractivity contribution < 1.29 is 14.2 Å². The first-order valence-corrected chi connectivity index (χ1v) is 12.4. The molecule has 0 aliphatic heterocycles. The minimum atomic E-state index is 0.157. The van der Waals surface area contributed by atoms with Crippen LogP contribution in [0.15, 0.2) is 18.2 Å². The smallest absolute Gasteiger partial charge is 0.222 e. The van der Waals surface area contributed by atoms with Crippen LogP contribution in [0.2, 0.25) is 0 Å². The van der Waals surface area contributed by atoms with E-state index in [0.717, 1.165) is 79.4 Å². The highest BCUT2D eigenvalue weighted by Gasteiger charge is 2.18. The molecule has 2 aromatic rings. The second-order valence-corrected chi connectivity index (χ2v) is 8.51. The molecule has 1 aromatic carbocycles. The van der Waals surface area contributed by atoms with Gasteiger partial charge < -0.3 is 30.6 Å². The van der Waals surface area contributed by atoms with Gasteiger partial charge in [0, 0.05) is 30.4 Å². The first-order valence-electron chi connectivity index (χ1n) is 12.4. The van der Waals surface area contributed by atoms with Crippen LogP contribution in [-0.2, 0) is 11.2 Å². The Morgan fingerprint density at radius 3 is 2.62 bits per heavy atom. The molecule has 4 N–H and O–H groups in total. The third kappa shape index (κ3) is 8.99. The van der Waals surface area contributed by atoms with Gasteiger partial charge in [-0.2, -0.15) is 4.98 Å². The zero-order chi connectivity index (χ0) is 24.8. The summed E-state index contributed by atoms with van der Waals surface area (Å²) in [6.07, 6.45) is 5.79. The number of anilines is 2. The summed E-state index contributed by atoms with van der Waals surface area (Å²) >= 11 is 0. The number of rotatable bonds is 17. The van der Waals surface area contributed by atoms with E-state index in [0.29, 0.717) is 19.6 Å². The predicted octanol–water partition coefficient (Wildman–Crippen LogP) is 4.35. The van der Waals surface area contributed by atoms with Crippen LogP contribution in [0.4, 0.5) is 11.8 Å². The molecule has 0 saturated carbocycles. The Kier molecular flexibility index (Phi) is 12.5. The van der Waals surface area contributed by atoms with Crippen molar-refractivity contribution in [3.63, 3.8) is 0 Å². The average molecular weight is 474 g/mol. The summed E-state index contributed by atoms with van der Waals surface area (Å²) in [6, 6.07) is 6.13. The van der Waals surface area contributed by atoms with E-state index in [4.69, 9.17) is 19.9 Å². The second-order valence-electron chi connectivity index (χ2n) is 8.51. The van der Waals surface area contributed by atoms with Gasteiger partial charge in [0.15, 0.2) is 0 Å². The van der Waals surface area contributed by atoms with Crippen molar-refractivity contribution in [3.05, 3.63) is 35.0 Å². The number of aromatic nitrogens is 2.